The summed E-state index contributed by atoms with van der Waals surface area (Å²) in [6.45, 7) is 1.68. The number of amides is 2. The second-order valence-corrected chi connectivity index (χ2v) is 7.06. The smallest absolute Gasteiger partial charge is 0.311 e. The van der Waals surface area contributed by atoms with E-state index < -0.39 is 11.4 Å². The number of fused-ring (bicyclic) bond motifs is 1. The lowest BCUT2D eigenvalue weighted by Crippen LogP contribution is -2.45. The van der Waals surface area contributed by atoms with Crippen LogP contribution in [0.5, 0.6) is 0 Å². The lowest BCUT2D eigenvalue weighted by Gasteiger charge is -2.33. The number of nitrogens with zero attached hydrogens (tertiary/aromatic N) is 1. The SMILES string of the molecule is O=C(NCCC(=O)N1C[C@H]2COCC[C@@]2(C(=O)O)C1)c1ccsc1. The van der Waals surface area contributed by atoms with Crippen molar-refractivity contribution in [1.82, 2.24) is 10.2 Å². The number of nitrogens with one attached hydrogen (secondary N) is 1. The van der Waals surface area contributed by atoms with Crippen LogP contribution in [0.1, 0.15) is 23.2 Å². The van der Waals surface area contributed by atoms with Crippen molar-refractivity contribution >= 4 is 29.1 Å². The molecule has 2 amide bonds. The zero-order chi connectivity index (χ0) is 17.2. The van der Waals surface area contributed by atoms with Crippen LogP contribution in [0.3, 0.4) is 0 Å². The van der Waals surface area contributed by atoms with E-state index in [1.165, 1.54) is 11.3 Å². The summed E-state index contributed by atoms with van der Waals surface area (Å²) in [4.78, 5) is 37.5. The average Bonchev–Trinajstić information content (AvgIpc) is 3.22. The summed E-state index contributed by atoms with van der Waals surface area (Å²) < 4.78 is 5.38. The van der Waals surface area contributed by atoms with Crippen molar-refractivity contribution in [3.63, 3.8) is 0 Å². The van der Waals surface area contributed by atoms with Crippen LogP contribution in [-0.2, 0) is 14.3 Å². The predicted octanol–water partition coefficient (Wildman–Crippen LogP) is 0.818. The van der Waals surface area contributed by atoms with Gasteiger partial charge in [0.15, 0.2) is 0 Å². The number of carboxylic acids is 1. The largest absolute Gasteiger partial charge is 0.481 e. The zero-order valence-corrected chi connectivity index (χ0v) is 14.0. The van der Waals surface area contributed by atoms with Gasteiger partial charge in [0.05, 0.1) is 12.0 Å². The van der Waals surface area contributed by atoms with Crippen LogP contribution in [0, 0.1) is 11.3 Å². The summed E-state index contributed by atoms with van der Waals surface area (Å²) in [5.41, 5.74) is -0.296. The Hall–Kier alpha value is -1.93. The van der Waals surface area contributed by atoms with Gasteiger partial charge in [-0.15, -0.1) is 0 Å². The van der Waals surface area contributed by atoms with Crippen LogP contribution in [0.2, 0.25) is 0 Å². The minimum Gasteiger partial charge on any atom is -0.481 e. The van der Waals surface area contributed by atoms with Gasteiger partial charge in [0.25, 0.3) is 5.91 Å². The number of hydrogen-bond acceptors (Lipinski definition) is 5. The van der Waals surface area contributed by atoms with Gasteiger partial charge in [0.1, 0.15) is 0 Å². The molecule has 2 saturated heterocycles. The summed E-state index contributed by atoms with van der Waals surface area (Å²) in [5, 5.41) is 15.9. The summed E-state index contributed by atoms with van der Waals surface area (Å²) in [6, 6.07) is 1.73. The van der Waals surface area contributed by atoms with Gasteiger partial charge in [0, 0.05) is 49.5 Å². The molecule has 2 aliphatic rings. The normalized spacial score (nSPS) is 26.0. The number of carbonyl (C=O) groups excluding carboxylic acids is 2. The van der Waals surface area contributed by atoms with E-state index in [-0.39, 0.29) is 37.2 Å². The highest BCUT2D eigenvalue weighted by atomic mass is 32.1. The third-order valence-electron chi connectivity index (χ3n) is 4.89. The molecular formula is C16H20N2O5S. The first-order valence-corrected chi connectivity index (χ1v) is 8.86. The Morgan fingerprint density at radius 1 is 1.46 bits per heavy atom. The van der Waals surface area contributed by atoms with Gasteiger partial charge in [-0.2, -0.15) is 11.3 Å². The number of carboxylic acid groups (broad SMARTS) is 1. The van der Waals surface area contributed by atoms with Crippen molar-refractivity contribution in [2.45, 2.75) is 12.8 Å². The van der Waals surface area contributed by atoms with Gasteiger partial charge in [-0.25, -0.2) is 0 Å². The van der Waals surface area contributed by atoms with Crippen LogP contribution in [0.15, 0.2) is 16.8 Å². The Bertz CT molecular complexity index is 632. The number of hydrogen-bond donors (Lipinski definition) is 2. The maximum absolute atomic E-state index is 12.4. The Labute approximate surface area is 143 Å². The number of carbonyl (C=O) groups is 3. The minimum atomic E-state index is -0.881. The topological polar surface area (TPSA) is 95.9 Å². The van der Waals surface area contributed by atoms with E-state index in [1.54, 1.807) is 16.3 Å². The molecule has 0 saturated carbocycles. The summed E-state index contributed by atoms with van der Waals surface area (Å²) in [7, 11) is 0. The number of aliphatic carboxylic acids is 1. The molecule has 7 nitrogen and oxygen atoms in total. The summed E-state index contributed by atoms with van der Waals surface area (Å²) >= 11 is 1.44. The van der Waals surface area contributed by atoms with E-state index in [4.69, 9.17) is 4.74 Å². The highest BCUT2D eigenvalue weighted by Gasteiger charge is 2.54. The van der Waals surface area contributed by atoms with Gasteiger partial charge < -0.3 is 20.1 Å². The van der Waals surface area contributed by atoms with Crippen LogP contribution in [-0.4, -0.2) is 60.6 Å². The van der Waals surface area contributed by atoms with Crippen molar-refractivity contribution in [3.05, 3.63) is 22.4 Å². The van der Waals surface area contributed by atoms with Crippen molar-refractivity contribution in [3.8, 4) is 0 Å². The highest BCUT2D eigenvalue weighted by Crippen LogP contribution is 2.42. The Morgan fingerprint density at radius 2 is 2.29 bits per heavy atom. The molecule has 2 atom stereocenters. The molecule has 0 unspecified atom stereocenters. The van der Waals surface area contributed by atoms with E-state index in [9.17, 15) is 19.5 Å². The molecule has 2 fully saturated rings. The van der Waals surface area contributed by atoms with Crippen molar-refractivity contribution < 1.29 is 24.2 Å². The van der Waals surface area contributed by atoms with Gasteiger partial charge in [0.2, 0.25) is 5.91 Å². The molecule has 1 aromatic heterocycles. The van der Waals surface area contributed by atoms with E-state index in [0.717, 1.165) is 0 Å². The second kappa shape index (κ2) is 6.90. The first-order valence-electron chi connectivity index (χ1n) is 7.92. The molecule has 130 valence electrons. The molecule has 0 radical (unpaired) electrons. The summed E-state index contributed by atoms with van der Waals surface area (Å²) in [6.07, 6.45) is 0.602. The third-order valence-corrected chi connectivity index (χ3v) is 5.58. The lowest BCUT2D eigenvalue weighted by molar-refractivity contribution is -0.157. The molecule has 0 spiro atoms. The van der Waals surface area contributed by atoms with E-state index in [1.807, 2.05) is 5.38 Å². The fraction of sp³-hybridized carbons (Fsp3) is 0.562. The zero-order valence-electron chi connectivity index (χ0n) is 13.2. The number of thiophene rings is 1. The van der Waals surface area contributed by atoms with E-state index in [0.29, 0.717) is 31.7 Å². The first kappa shape index (κ1) is 16.9. The standard InChI is InChI=1S/C16H20N2O5S/c19-13(1-4-17-14(20)11-2-6-24-9-11)18-7-12-8-23-5-3-16(12,10-18)15(21)22/h2,6,9,12H,1,3-5,7-8,10H2,(H,17,20)(H,21,22)/t12-,16+/m0/s1. The molecule has 0 aromatic carbocycles. The van der Waals surface area contributed by atoms with Gasteiger partial charge in [-0.3, -0.25) is 14.4 Å². The van der Waals surface area contributed by atoms with Crippen molar-refractivity contribution in [2.75, 3.05) is 32.8 Å². The first-order chi connectivity index (χ1) is 11.5. The molecule has 8 heteroatoms. The molecule has 2 N–H and O–H groups in total. The van der Waals surface area contributed by atoms with Crippen molar-refractivity contribution in [2.24, 2.45) is 11.3 Å². The third kappa shape index (κ3) is 3.16. The number of rotatable bonds is 5. The lowest BCUT2D eigenvalue weighted by atomic mass is 9.74. The molecule has 1 aromatic rings. The maximum atomic E-state index is 12.4. The van der Waals surface area contributed by atoms with Crippen LogP contribution in [0.25, 0.3) is 0 Å². The van der Waals surface area contributed by atoms with Gasteiger partial charge >= 0.3 is 5.97 Å². The number of ether oxygens (including phenoxy) is 1. The number of likely N-dealkylation sites (tertiary alicyclic amines) is 1. The molecule has 0 bridgehead atoms. The molecule has 2 aliphatic heterocycles. The quantitative estimate of drug-likeness (QED) is 0.818. The Kier molecular flexibility index (Phi) is 4.86. The summed E-state index contributed by atoms with van der Waals surface area (Å²) in [5.74, 6) is -1.34. The predicted molar refractivity (Wildman–Crippen MR) is 86.8 cm³/mol. The monoisotopic (exact) mass is 352 g/mol. The van der Waals surface area contributed by atoms with E-state index in [2.05, 4.69) is 5.32 Å². The molecule has 3 rings (SSSR count). The van der Waals surface area contributed by atoms with Crippen LogP contribution < -0.4 is 5.32 Å². The van der Waals surface area contributed by atoms with E-state index >= 15 is 0 Å². The fourth-order valence-corrected chi connectivity index (χ4v) is 4.06. The molecule has 24 heavy (non-hydrogen) atoms. The second-order valence-electron chi connectivity index (χ2n) is 6.28. The molecule has 3 heterocycles. The van der Waals surface area contributed by atoms with Crippen LogP contribution in [0.4, 0.5) is 0 Å². The fourth-order valence-electron chi connectivity index (χ4n) is 3.43. The van der Waals surface area contributed by atoms with Crippen molar-refractivity contribution in [1.29, 1.82) is 0 Å². The average molecular weight is 352 g/mol. The maximum Gasteiger partial charge on any atom is 0.311 e. The molecular weight excluding hydrogens is 332 g/mol. The van der Waals surface area contributed by atoms with Gasteiger partial charge in [-0.05, 0) is 17.9 Å². The molecule has 0 aliphatic carbocycles. The van der Waals surface area contributed by atoms with Crippen LogP contribution >= 0.6 is 11.3 Å². The van der Waals surface area contributed by atoms with Gasteiger partial charge in [-0.1, -0.05) is 0 Å². The minimum absolute atomic E-state index is 0.129. The highest BCUT2D eigenvalue weighted by molar-refractivity contribution is 7.08. The Balaban J connectivity index is 1.53. The Morgan fingerprint density at radius 3 is 2.96 bits per heavy atom.